The summed E-state index contributed by atoms with van der Waals surface area (Å²) in [5.41, 5.74) is 0. The number of Topliss-reactive ketones (excluding diaryl/α,β-unsaturated/α-hetero) is 1. The summed E-state index contributed by atoms with van der Waals surface area (Å²) in [4.78, 5) is 13.0. The van der Waals surface area contributed by atoms with Crippen LogP contribution >= 0.6 is 0 Å². The number of unbranched alkanes of at least 4 members (excludes halogenated alkanes) is 1. The molecule has 0 fully saturated rings. The molecule has 0 aromatic rings. The highest BCUT2D eigenvalue weighted by molar-refractivity contribution is 5.80. The van der Waals surface area contributed by atoms with Crippen LogP contribution in [0.3, 0.4) is 0 Å². The molecule has 0 radical (unpaired) electrons. The molecule has 0 aliphatic heterocycles. The molecule has 0 atom stereocenters. The summed E-state index contributed by atoms with van der Waals surface area (Å²) in [6, 6.07) is 0. The third-order valence-corrected chi connectivity index (χ3v) is 1.36. The van der Waals surface area contributed by atoms with E-state index in [1.807, 2.05) is 25.1 Å². The maximum Gasteiger partial charge on any atom is 0.146 e. The molecule has 0 spiro atoms. The van der Waals surface area contributed by atoms with E-state index >= 15 is 0 Å². The lowest BCUT2D eigenvalue weighted by molar-refractivity contribution is -0.119. The Morgan fingerprint density at radius 2 is 2.18 bits per heavy atom. The van der Waals surface area contributed by atoms with Gasteiger partial charge in [0.25, 0.3) is 0 Å². The zero-order valence-corrected chi connectivity index (χ0v) is 7.47. The van der Waals surface area contributed by atoms with Gasteiger partial charge in [-0.3, -0.25) is 4.79 Å². The summed E-state index contributed by atoms with van der Waals surface area (Å²) in [6.45, 7) is 4.16. The number of rotatable bonds is 6. The van der Waals surface area contributed by atoms with E-state index in [0.717, 1.165) is 12.8 Å². The van der Waals surface area contributed by atoms with E-state index in [1.54, 1.807) is 0 Å². The molecule has 0 aliphatic rings. The molecule has 0 aromatic carbocycles. The standard InChI is InChI=1S/C9H17NO/c1-4-5-6-7-9(11)8-10(2)3/h4H,1,5-8H2,2-3H3. The fourth-order valence-corrected chi connectivity index (χ4v) is 0.875. The van der Waals surface area contributed by atoms with E-state index in [0.29, 0.717) is 18.7 Å². The zero-order valence-electron chi connectivity index (χ0n) is 7.47. The van der Waals surface area contributed by atoms with Crippen molar-refractivity contribution in [3.8, 4) is 0 Å². The molecule has 11 heavy (non-hydrogen) atoms. The van der Waals surface area contributed by atoms with E-state index < -0.39 is 0 Å². The molecule has 0 aliphatic carbocycles. The summed E-state index contributed by atoms with van der Waals surface area (Å²) in [5.74, 6) is 0.317. The second kappa shape index (κ2) is 6.10. The van der Waals surface area contributed by atoms with Crippen LogP contribution in [0.1, 0.15) is 19.3 Å². The average molecular weight is 155 g/mol. The largest absolute Gasteiger partial charge is 0.302 e. The highest BCUT2D eigenvalue weighted by atomic mass is 16.1. The van der Waals surface area contributed by atoms with Crippen molar-refractivity contribution in [3.05, 3.63) is 12.7 Å². The normalized spacial score (nSPS) is 10.1. The van der Waals surface area contributed by atoms with Crippen LogP contribution in [0.5, 0.6) is 0 Å². The van der Waals surface area contributed by atoms with Crippen LogP contribution in [0.4, 0.5) is 0 Å². The van der Waals surface area contributed by atoms with Crippen molar-refractivity contribution in [1.29, 1.82) is 0 Å². The Kier molecular flexibility index (Phi) is 5.75. The van der Waals surface area contributed by atoms with E-state index in [-0.39, 0.29) is 0 Å². The van der Waals surface area contributed by atoms with Crippen molar-refractivity contribution in [1.82, 2.24) is 4.90 Å². The number of ketones is 1. The SMILES string of the molecule is C=CCCCC(=O)CN(C)C. The zero-order chi connectivity index (χ0) is 8.69. The number of hydrogen-bond donors (Lipinski definition) is 0. The molecule has 0 saturated carbocycles. The number of likely N-dealkylation sites (N-methyl/N-ethyl adjacent to an activating group) is 1. The summed E-state index contributed by atoms with van der Waals surface area (Å²) in [5, 5.41) is 0. The second-order valence-corrected chi connectivity index (χ2v) is 2.96. The molecule has 0 heterocycles. The van der Waals surface area contributed by atoms with Gasteiger partial charge in [-0.1, -0.05) is 6.08 Å². The van der Waals surface area contributed by atoms with Gasteiger partial charge >= 0.3 is 0 Å². The topological polar surface area (TPSA) is 20.3 Å². The molecule has 0 rings (SSSR count). The molecule has 2 nitrogen and oxygen atoms in total. The minimum absolute atomic E-state index is 0.317. The Labute approximate surface area is 68.9 Å². The van der Waals surface area contributed by atoms with Gasteiger partial charge in [0, 0.05) is 6.42 Å². The molecule has 0 N–H and O–H groups in total. The molecule has 0 amide bonds. The Morgan fingerprint density at radius 1 is 1.55 bits per heavy atom. The summed E-state index contributed by atoms with van der Waals surface area (Å²) in [7, 11) is 3.82. The van der Waals surface area contributed by atoms with Gasteiger partial charge in [-0.05, 0) is 26.9 Å². The lowest BCUT2D eigenvalue weighted by Crippen LogP contribution is -2.21. The van der Waals surface area contributed by atoms with Crippen molar-refractivity contribution in [2.75, 3.05) is 20.6 Å². The average Bonchev–Trinajstić information content (AvgIpc) is 1.86. The Bertz CT molecular complexity index is 130. The van der Waals surface area contributed by atoms with Crippen LogP contribution < -0.4 is 0 Å². The van der Waals surface area contributed by atoms with Crippen LogP contribution in [0, 0.1) is 0 Å². The smallest absolute Gasteiger partial charge is 0.146 e. The number of carbonyl (C=O) groups is 1. The first kappa shape index (κ1) is 10.4. The Hall–Kier alpha value is -0.630. The number of carbonyl (C=O) groups excluding carboxylic acids is 1. The first-order valence-corrected chi connectivity index (χ1v) is 3.94. The van der Waals surface area contributed by atoms with Crippen LogP contribution in [0.25, 0.3) is 0 Å². The maximum atomic E-state index is 11.1. The third-order valence-electron chi connectivity index (χ3n) is 1.36. The van der Waals surface area contributed by atoms with E-state index in [1.165, 1.54) is 0 Å². The van der Waals surface area contributed by atoms with E-state index in [4.69, 9.17) is 0 Å². The highest BCUT2D eigenvalue weighted by Crippen LogP contribution is 1.97. The first-order valence-electron chi connectivity index (χ1n) is 3.94. The predicted molar refractivity (Wildman–Crippen MR) is 47.6 cm³/mol. The van der Waals surface area contributed by atoms with Crippen molar-refractivity contribution in [2.24, 2.45) is 0 Å². The molecular weight excluding hydrogens is 138 g/mol. The lowest BCUT2D eigenvalue weighted by Gasteiger charge is -2.06. The van der Waals surface area contributed by atoms with Crippen molar-refractivity contribution < 1.29 is 4.79 Å². The summed E-state index contributed by atoms with van der Waals surface area (Å²) < 4.78 is 0. The molecule has 0 aromatic heterocycles. The van der Waals surface area contributed by atoms with Crippen LogP contribution in [0.15, 0.2) is 12.7 Å². The Balaban J connectivity index is 3.30. The maximum absolute atomic E-state index is 11.1. The van der Waals surface area contributed by atoms with E-state index in [2.05, 4.69) is 6.58 Å². The van der Waals surface area contributed by atoms with E-state index in [9.17, 15) is 4.79 Å². The Morgan fingerprint density at radius 3 is 2.64 bits per heavy atom. The number of hydrogen-bond acceptors (Lipinski definition) is 2. The lowest BCUT2D eigenvalue weighted by atomic mass is 10.2. The predicted octanol–water partition coefficient (Wildman–Crippen LogP) is 1.47. The van der Waals surface area contributed by atoms with Crippen LogP contribution in [-0.2, 0) is 4.79 Å². The molecule has 0 unspecified atom stereocenters. The van der Waals surface area contributed by atoms with Crippen molar-refractivity contribution in [3.63, 3.8) is 0 Å². The summed E-state index contributed by atoms with van der Waals surface area (Å²) >= 11 is 0. The van der Waals surface area contributed by atoms with Gasteiger partial charge in [0.1, 0.15) is 5.78 Å². The quantitative estimate of drug-likeness (QED) is 0.427. The van der Waals surface area contributed by atoms with Crippen LogP contribution in [0.2, 0.25) is 0 Å². The molecule has 0 saturated heterocycles. The minimum atomic E-state index is 0.317. The van der Waals surface area contributed by atoms with Gasteiger partial charge in [0.15, 0.2) is 0 Å². The van der Waals surface area contributed by atoms with Gasteiger partial charge in [-0.25, -0.2) is 0 Å². The third kappa shape index (κ3) is 7.26. The number of allylic oxidation sites excluding steroid dienone is 1. The van der Waals surface area contributed by atoms with Crippen molar-refractivity contribution in [2.45, 2.75) is 19.3 Å². The molecular formula is C9H17NO. The fraction of sp³-hybridized carbons (Fsp3) is 0.667. The van der Waals surface area contributed by atoms with Gasteiger partial charge in [-0.2, -0.15) is 0 Å². The monoisotopic (exact) mass is 155 g/mol. The molecule has 64 valence electrons. The van der Waals surface area contributed by atoms with Gasteiger partial charge < -0.3 is 4.90 Å². The highest BCUT2D eigenvalue weighted by Gasteiger charge is 2.01. The second-order valence-electron chi connectivity index (χ2n) is 2.96. The first-order chi connectivity index (χ1) is 5.16. The van der Waals surface area contributed by atoms with Crippen molar-refractivity contribution >= 4 is 5.78 Å². The van der Waals surface area contributed by atoms with Gasteiger partial charge in [-0.15, -0.1) is 6.58 Å². The van der Waals surface area contributed by atoms with Gasteiger partial charge in [0.2, 0.25) is 0 Å². The fourth-order valence-electron chi connectivity index (χ4n) is 0.875. The minimum Gasteiger partial charge on any atom is -0.302 e. The number of nitrogens with zero attached hydrogens (tertiary/aromatic N) is 1. The molecule has 0 bridgehead atoms. The van der Waals surface area contributed by atoms with Gasteiger partial charge in [0.05, 0.1) is 6.54 Å². The summed E-state index contributed by atoms with van der Waals surface area (Å²) in [6.07, 6.45) is 4.42. The molecule has 2 heteroatoms. The van der Waals surface area contributed by atoms with Crippen LogP contribution in [-0.4, -0.2) is 31.3 Å².